The lowest BCUT2D eigenvalue weighted by molar-refractivity contribution is 0.602. The topological polar surface area (TPSA) is 17.1 Å². The third-order valence-corrected chi connectivity index (χ3v) is 2.34. The molecule has 0 aliphatic heterocycles. The van der Waals surface area contributed by atoms with Gasteiger partial charge in [0.25, 0.3) is 0 Å². The molecule has 0 aliphatic carbocycles. The van der Waals surface area contributed by atoms with Gasteiger partial charge < -0.3 is 0 Å². The molecule has 0 unspecified atom stereocenters. The van der Waals surface area contributed by atoms with Crippen molar-refractivity contribution < 1.29 is 4.57 Å². The molecule has 0 N–H and O–H groups in total. The molecule has 0 saturated carbocycles. The van der Waals surface area contributed by atoms with E-state index in [0.29, 0.717) is 0 Å². The third-order valence-electron chi connectivity index (χ3n) is 2.08. The van der Waals surface area contributed by atoms with Gasteiger partial charge in [-0.2, -0.15) is 0 Å². The summed E-state index contributed by atoms with van der Waals surface area (Å²) >= 11 is 0. The minimum atomic E-state index is -0.0324. The number of rotatable bonds is 9. The Morgan fingerprint density at radius 3 is 2.57 bits per heavy atom. The molecule has 0 spiro atoms. The van der Waals surface area contributed by atoms with E-state index in [4.69, 9.17) is 0 Å². The summed E-state index contributed by atoms with van der Waals surface area (Å²) in [4.78, 5) is 0. The van der Waals surface area contributed by atoms with Crippen LogP contribution in [0.3, 0.4) is 0 Å². The highest BCUT2D eigenvalue weighted by atomic mass is 31.1. The van der Waals surface area contributed by atoms with Crippen molar-refractivity contribution in [3.8, 4) is 0 Å². The first-order valence-electron chi connectivity index (χ1n) is 5.48. The highest BCUT2D eigenvalue weighted by Gasteiger charge is 1.87. The van der Waals surface area contributed by atoms with E-state index in [-0.39, 0.29) is 8.46 Å². The molecule has 0 heterocycles. The Labute approximate surface area is 89.5 Å². The summed E-state index contributed by atoms with van der Waals surface area (Å²) in [5, 5.41) is 0. The SMILES string of the molecule is CCCCCCCCC=C/C=[C]/P=O. The molecule has 0 fully saturated rings. The van der Waals surface area contributed by atoms with E-state index in [1.54, 1.807) is 6.08 Å². The molecule has 2 heteroatoms. The Hall–Kier alpha value is -0.420. The minimum absolute atomic E-state index is 0.0324. The van der Waals surface area contributed by atoms with Crippen LogP contribution < -0.4 is 0 Å². The Kier molecular flexibility index (Phi) is 12.2. The Morgan fingerprint density at radius 1 is 1.14 bits per heavy atom. The number of hydrogen-bond donors (Lipinski definition) is 0. The molecule has 0 aromatic carbocycles. The van der Waals surface area contributed by atoms with Crippen molar-refractivity contribution in [3.05, 3.63) is 24.0 Å². The molecule has 0 amide bonds. The van der Waals surface area contributed by atoms with E-state index in [1.807, 2.05) is 6.08 Å². The first-order valence-corrected chi connectivity index (χ1v) is 6.29. The molecule has 0 bridgehead atoms. The van der Waals surface area contributed by atoms with Gasteiger partial charge in [0.2, 0.25) is 0 Å². The van der Waals surface area contributed by atoms with Gasteiger partial charge in [0.15, 0.2) is 8.46 Å². The van der Waals surface area contributed by atoms with Crippen molar-refractivity contribution >= 4 is 8.46 Å². The number of hydrogen-bond acceptors (Lipinski definition) is 1. The lowest BCUT2D eigenvalue weighted by Gasteiger charge is -1.96. The van der Waals surface area contributed by atoms with E-state index in [0.717, 1.165) is 6.42 Å². The minimum Gasteiger partial charge on any atom is -0.269 e. The van der Waals surface area contributed by atoms with Gasteiger partial charge in [-0.15, -0.1) is 0 Å². The molecule has 0 aliphatic rings. The molecule has 0 aromatic rings. The van der Waals surface area contributed by atoms with Crippen LogP contribution in [-0.2, 0) is 4.57 Å². The summed E-state index contributed by atoms with van der Waals surface area (Å²) in [6, 6.07) is 0. The van der Waals surface area contributed by atoms with Gasteiger partial charge in [-0.25, -0.2) is 0 Å². The standard InChI is InChI=1S/C12H20OP/c1-2-3-4-5-6-7-8-9-10-11-12-14-13/h9-11H,2-8H2,1H3. The predicted octanol–water partition coefficient (Wildman–Crippen LogP) is 4.90. The second-order valence-electron chi connectivity index (χ2n) is 3.37. The zero-order chi connectivity index (χ0) is 10.5. The lowest BCUT2D eigenvalue weighted by atomic mass is 10.1. The van der Waals surface area contributed by atoms with Crippen LogP contribution in [-0.4, -0.2) is 0 Å². The summed E-state index contributed by atoms with van der Waals surface area (Å²) in [5.41, 5.74) is 0. The summed E-state index contributed by atoms with van der Waals surface area (Å²) in [6.07, 6.45) is 14.9. The van der Waals surface area contributed by atoms with Crippen LogP contribution in [0.5, 0.6) is 0 Å². The van der Waals surface area contributed by atoms with Gasteiger partial charge >= 0.3 is 0 Å². The predicted molar refractivity (Wildman–Crippen MR) is 62.6 cm³/mol. The van der Waals surface area contributed by atoms with Gasteiger partial charge in [-0.3, -0.25) is 4.57 Å². The fourth-order valence-corrected chi connectivity index (χ4v) is 1.43. The van der Waals surface area contributed by atoms with Crippen molar-refractivity contribution in [2.75, 3.05) is 0 Å². The van der Waals surface area contributed by atoms with E-state index in [9.17, 15) is 4.57 Å². The normalized spacial score (nSPS) is 12.1. The second kappa shape index (κ2) is 12.6. The monoisotopic (exact) mass is 211 g/mol. The molecule has 0 saturated heterocycles. The fourth-order valence-electron chi connectivity index (χ4n) is 1.28. The summed E-state index contributed by atoms with van der Waals surface area (Å²) < 4.78 is 9.96. The fraction of sp³-hybridized carbons (Fsp3) is 0.667. The molecule has 0 rings (SSSR count). The first kappa shape index (κ1) is 13.6. The second-order valence-corrected chi connectivity index (χ2v) is 3.81. The maximum Gasteiger partial charge on any atom is 0.193 e. The van der Waals surface area contributed by atoms with Crippen LogP contribution in [0.25, 0.3) is 0 Å². The van der Waals surface area contributed by atoms with E-state index in [1.165, 1.54) is 38.5 Å². The van der Waals surface area contributed by atoms with Crippen LogP contribution in [0.1, 0.15) is 51.9 Å². The molecule has 0 aromatic heterocycles. The zero-order valence-corrected chi connectivity index (χ0v) is 9.93. The molecule has 1 radical (unpaired) electrons. The van der Waals surface area contributed by atoms with Crippen molar-refractivity contribution in [1.82, 2.24) is 0 Å². The van der Waals surface area contributed by atoms with Gasteiger partial charge in [0, 0.05) is 0 Å². The first-order chi connectivity index (χ1) is 6.91. The highest BCUT2D eigenvalue weighted by Crippen LogP contribution is 2.07. The maximum atomic E-state index is 9.96. The van der Waals surface area contributed by atoms with Crippen LogP contribution in [0.4, 0.5) is 0 Å². The van der Waals surface area contributed by atoms with Crippen molar-refractivity contribution in [2.45, 2.75) is 51.9 Å². The van der Waals surface area contributed by atoms with Crippen molar-refractivity contribution in [2.24, 2.45) is 0 Å². The Morgan fingerprint density at radius 2 is 1.86 bits per heavy atom. The van der Waals surface area contributed by atoms with Crippen LogP contribution >= 0.6 is 8.46 Å². The quantitative estimate of drug-likeness (QED) is 0.301. The highest BCUT2D eigenvalue weighted by molar-refractivity contribution is 7.25. The average Bonchev–Trinajstić information content (AvgIpc) is 2.21. The van der Waals surface area contributed by atoms with Gasteiger partial charge in [-0.05, 0) is 18.9 Å². The van der Waals surface area contributed by atoms with Crippen LogP contribution in [0.15, 0.2) is 18.2 Å². The molecule has 0 atom stereocenters. The summed E-state index contributed by atoms with van der Waals surface area (Å²) in [6.45, 7) is 2.24. The molecular weight excluding hydrogens is 191 g/mol. The molecular formula is C12H20OP. The molecule has 1 nitrogen and oxygen atoms in total. The van der Waals surface area contributed by atoms with Crippen molar-refractivity contribution in [1.29, 1.82) is 0 Å². The molecule has 79 valence electrons. The maximum absolute atomic E-state index is 9.96. The number of unbranched alkanes of at least 4 members (excludes halogenated alkanes) is 6. The smallest absolute Gasteiger partial charge is 0.193 e. The average molecular weight is 211 g/mol. The zero-order valence-electron chi connectivity index (χ0n) is 9.04. The van der Waals surface area contributed by atoms with Gasteiger partial charge in [0.05, 0.1) is 5.82 Å². The third kappa shape index (κ3) is 11.6. The summed E-state index contributed by atoms with van der Waals surface area (Å²) in [7, 11) is -0.0324. The van der Waals surface area contributed by atoms with Gasteiger partial charge in [0.1, 0.15) is 0 Å². The molecule has 14 heavy (non-hydrogen) atoms. The number of allylic oxidation sites excluding steroid dienone is 3. The largest absolute Gasteiger partial charge is 0.269 e. The van der Waals surface area contributed by atoms with E-state index >= 15 is 0 Å². The van der Waals surface area contributed by atoms with E-state index < -0.39 is 0 Å². The van der Waals surface area contributed by atoms with Gasteiger partial charge in [-0.1, -0.05) is 51.2 Å². The Balaban J connectivity index is 3.08. The van der Waals surface area contributed by atoms with Crippen molar-refractivity contribution in [3.63, 3.8) is 0 Å². The Bertz CT molecular complexity index is 173. The summed E-state index contributed by atoms with van der Waals surface area (Å²) in [5.74, 6) is 2.57. The van der Waals surface area contributed by atoms with Crippen LogP contribution in [0.2, 0.25) is 0 Å². The van der Waals surface area contributed by atoms with Crippen LogP contribution in [0, 0.1) is 5.82 Å². The van der Waals surface area contributed by atoms with E-state index in [2.05, 4.69) is 18.8 Å². The lowest BCUT2D eigenvalue weighted by Crippen LogP contribution is -1.77.